The molecule has 8 nitrogen and oxygen atoms in total. The van der Waals surface area contributed by atoms with E-state index in [9.17, 15) is 0 Å². The molecule has 1 aliphatic heterocycles. The Morgan fingerprint density at radius 2 is 0.420 bits per heavy atom. The Bertz CT molecular complexity index is 6970. The van der Waals surface area contributed by atoms with Crippen molar-refractivity contribution in [2.75, 3.05) is 0 Å². The van der Waals surface area contributed by atoms with Gasteiger partial charge in [0.15, 0.2) is 29.1 Å². The number of fused-ring (bicyclic) bond motifs is 12. The molecule has 119 heavy (non-hydrogen) atoms. The molecule has 0 radical (unpaired) electrons. The van der Waals surface area contributed by atoms with Crippen LogP contribution >= 0.6 is 11.6 Å². The zero-order valence-corrected chi connectivity index (χ0v) is 66.3. The molecule has 1 aliphatic rings. The zero-order chi connectivity index (χ0) is 79.7. The summed E-state index contributed by atoms with van der Waals surface area (Å²) >= 11 is 5.99. The Labute approximate surface area is 699 Å². The highest BCUT2D eigenvalue weighted by atomic mass is 35.5. The molecule has 2 aromatic heterocycles. The number of aromatic nitrogens is 6. The number of halogens is 1. The summed E-state index contributed by atoms with van der Waals surface area (Å²) in [5, 5.41) is 15.5. The van der Waals surface area contributed by atoms with Gasteiger partial charge in [0.25, 0.3) is 0 Å². The predicted octanol–water partition coefficient (Wildman–Crippen LogP) is 28.3. The van der Waals surface area contributed by atoms with Crippen LogP contribution in [0.25, 0.3) is 188 Å². The van der Waals surface area contributed by atoms with Gasteiger partial charge in [-0.05, 0) is 188 Å². The number of benzene rings is 18. The van der Waals surface area contributed by atoms with Crippen molar-refractivity contribution in [1.29, 1.82) is 0 Å². The van der Waals surface area contributed by atoms with Crippen LogP contribution in [0.5, 0.6) is 0 Å². The molecule has 0 atom stereocenters. The van der Waals surface area contributed by atoms with Gasteiger partial charge >= 0.3 is 7.12 Å². The molecule has 0 spiro atoms. The summed E-state index contributed by atoms with van der Waals surface area (Å²) in [5.41, 5.74) is 18.8. The van der Waals surface area contributed by atoms with Crippen molar-refractivity contribution < 1.29 is 9.31 Å². The van der Waals surface area contributed by atoms with E-state index in [0.29, 0.717) is 29.1 Å². The van der Waals surface area contributed by atoms with E-state index < -0.39 is 18.3 Å². The van der Waals surface area contributed by atoms with E-state index in [2.05, 4.69) is 322 Å². The van der Waals surface area contributed by atoms with Gasteiger partial charge in [0.05, 0.1) is 11.2 Å². The van der Waals surface area contributed by atoms with Crippen LogP contribution in [-0.4, -0.2) is 48.2 Å². The van der Waals surface area contributed by atoms with Crippen molar-refractivity contribution in [3.05, 3.63) is 406 Å². The molecular formula is C109H82BClN6O2. The number of rotatable bonds is 12. The predicted molar refractivity (Wildman–Crippen MR) is 498 cm³/mol. The lowest BCUT2D eigenvalue weighted by Gasteiger charge is -2.32. The average molecular weight is 1550 g/mol. The van der Waals surface area contributed by atoms with Crippen LogP contribution in [0.1, 0.15) is 35.1 Å². The lowest BCUT2D eigenvalue weighted by molar-refractivity contribution is 0.00578. The normalized spacial score (nSPS) is 12.7. The van der Waals surface area contributed by atoms with Gasteiger partial charge in [-0.1, -0.05) is 396 Å². The largest absolute Gasteiger partial charge is 0.495 e. The van der Waals surface area contributed by atoms with Crippen molar-refractivity contribution in [3.63, 3.8) is 0 Å². The Balaban J connectivity index is 0.000000135. The highest BCUT2D eigenvalue weighted by Crippen LogP contribution is 2.47. The van der Waals surface area contributed by atoms with Crippen LogP contribution in [0.4, 0.5) is 0 Å². The molecule has 1 fully saturated rings. The quantitative estimate of drug-likeness (QED) is 0.0882. The molecule has 1 saturated heterocycles. The molecule has 0 N–H and O–H groups in total. The summed E-state index contributed by atoms with van der Waals surface area (Å²) in [5.74, 6) is 3.09. The van der Waals surface area contributed by atoms with Crippen LogP contribution in [-0.2, 0) is 9.31 Å². The van der Waals surface area contributed by atoms with Crippen molar-refractivity contribution >= 4 is 88.8 Å². The average Bonchev–Trinajstić information content (AvgIpc) is 1.74. The van der Waals surface area contributed by atoms with Crippen LogP contribution < -0.4 is 5.46 Å². The summed E-state index contributed by atoms with van der Waals surface area (Å²) in [4.78, 5) is 28.0. The molecule has 570 valence electrons. The van der Waals surface area contributed by atoms with E-state index in [4.69, 9.17) is 35.9 Å². The van der Waals surface area contributed by atoms with Gasteiger partial charge < -0.3 is 9.31 Å². The summed E-state index contributed by atoms with van der Waals surface area (Å²) < 4.78 is 13.1. The zero-order valence-electron chi connectivity index (χ0n) is 65.6. The molecule has 10 heteroatoms. The molecule has 3 heterocycles. The number of hydrogen-bond donors (Lipinski definition) is 0. The fourth-order valence-corrected chi connectivity index (χ4v) is 16.7. The third-order valence-corrected chi connectivity index (χ3v) is 23.2. The van der Waals surface area contributed by atoms with E-state index >= 15 is 0 Å². The van der Waals surface area contributed by atoms with Crippen molar-refractivity contribution in [3.8, 4) is 124 Å². The Morgan fingerprint density at radius 1 is 0.202 bits per heavy atom. The standard InChI is InChI=1S/C51H33N3.C42H35BO2.C15H10ClN3.CH4/c1-3-17-34(18-4-1)49-52-50(35-19-5-2-6-20-35)54-51(53-49)47-30-16-15-28-44(47)41-25-11-9-23-39(41)38-22-8-7-21-37(38)36-31-32-46-43-27-12-10-24-40(43)42-26-13-14-29-45(42)48(46)33-36;1-41(2)42(3,4)45-43(44-41)40-24-14-13-23-38(40)35-21-11-9-17-31(35)30-16-6-5-15-29(30)28-25-26-37-34-20-8-7-18-32(34)33-19-10-12-22-36(33)39(37)27-28;16-15-18-13(11-7-3-1-4-8-11)17-14(19-15)12-9-5-2-6-10-12;/h1-33H;5-27H,1-4H3;1-10H;1H4. The molecular weight excluding hydrogens is 1470 g/mol. The van der Waals surface area contributed by atoms with Gasteiger partial charge in [0.2, 0.25) is 5.28 Å². The SMILES string of the molecule is C.CC1(C)OB(c2ccccc2-c2ccccc2-c2ccccc2-c2ccc3c4ccccc4c4ccccc4c3c2)OC1(C)C.Clc1nc(-c2ccccc2)nc(-c2ccccc2)n1.c1ccc(-c2nc(-c3ccccc3)nc(-c3ccccc3-c3ccccc3-c3ccccc3-c3ccc4c5ccccc5c5ccccc5c4c3)n2)cc1. The van der Waals surface area contributed by atoms with Crippen LogP contribution in [0.2, 0.25) is 5.28 Å². The maximum Gasteiger partial charge on any atom is 0.495 e. The van der Waals surface area contributed by atoms with Gasteiger partial charge in [-0.25, -0.2) is 19.9 Å². The first-order valence-electron chi connectivity index (χ1n) is 39.9. The smallest absolute Gasteiger partial charge is 0.399 e. The topological polar surface area (TPSA) is 95.8 Å². The fourth-order valence-electron chi connectivity index (χ4n) is 16.5. The Morgan fingerprint density at radius 3 is 0.748 bits per heavy atom. The minimum atomic E-state index is -0.446. The summed E-state index contributed by atoms with van der Waals surface area (Å²) in [6, 6.07) is 141. The first-order chi connectivity index (χ1) is 57.9. The molecule has 0 saturated carbocycles. The molecule has 0 amide bonds. The second-order valence-electron chi connectivity index (χ2n) is 30.6. The molecule has 0 aliphatic carbocycles. The van der Waals surface area contributed by atoms with Gasteiger partial charge in [0.1, 0.15) is 0 Å². The molecule has 0 bridgehead atoms. The monoisotopic (exact) mass is 1550 g/mol. The molecule has 21 rings (SSSR count). The third-order valence-electron chi connectivity index (χ3n) is 23.0. The van der Waals surface area contributed by atoms with E-state index in [-0.39, 0.29) is 12.7 Å². The Kier molecular flexibility index (Phi) is 21.0. The van der Waals surface area contributed by atoms with E-state index in [0.717, 1.165) is 66.7 Å². The molecule has 0 unspecified atom stereocenters. The fraction of sp³-hybridized carbons (Fsp3) is 0.0642. The van der Waals surface area contributed by atoms with Gasteiger partial charge in [-0.2, -0.15) is 9.97 Å². The van der Waals surface area contributed by atoms with Gasteiger partial charge in [-0.3, -0.25) is 0 Å². The van der Waals surface area contributed by atoms with Gasteiger partial charge in [-0.15, -0.1) is 0 Å². The van der Waals surface area contributed by atoms with E-state index in [1.807, 2.05) is 121 Å². The highest BCUT2D eigenvalue weighted by molar-refractivity contribution is 6.64. The first kappa shape index (κ1) is 76.1. The maximum absolute atomic E-state index is 6.54. The lowest BCUT2D eigenvalue weighted by Crippen LogP contribution is -2.41. The van der Waals surface area contributed by atoms with Crippen LogP contribution in [0, 0.1) is 0 Å². The van der Waals surface area contributed by atoms with Gasteiger partial charge in [0, 0.05) is 27.8 Å². The molecule has 18 aromatic carbocycles. The lowest BCUT2D eigenvalue weighted by atomic mass is 9.73. The van der Waals surface area contributed by atoms with Crippen LogP contribution in [0.15, 0.2) is 400 Å². The van der Waals surface area contributed by atoms with E-state index in [1.165, 1.54) is 98.0 Å². The molecule has 20 aromatic rings. The summed E-state index contributed by atoms with van der Waals surface area (Å²) in [6.07, 6.45) is 0. The van der Waals surface area contributed by atoms with Crippen molar-refractivity contribution in [2.45, 2.75) is 46.3 Å². The van der Waals surface area contributed by atoms with Crippen LogP contribution in [0.3, 0.4) is 0 Å². The van der Waals surface area contributed by atoms with E-state index in [1.54, 1.807) is 0 Å². The summed E-state index contributed by atoms with van der Waals surface area (Å²) in [7, 11) is -0.446. The minimum Gasteiger partial charge on any atom is -0.399 e. The van der Waals surface area contributed by atoms with Crippen molar-refractivity contribution in [1.82, 2.24) is 29.9 Å². The first-order valence-corrected chi connectivity index (χ1v) is 40.3. The number of nitrogens with zero attached hydrogens (tertiary/aromatic N) is 6. The second-order valence-corrected chi connectivity index (χ2v) is 31.0. The summed E-state index contributed by atoms with van der Waals surface area (Å²) in [6.45, 7) is 8.43. The third kappa shape index (κ3) is 14.9. The highest BCUT2D eigenvalue weighted by Gasteiger charge is 2.52. The second kappa shape index (κ2) is 32.8. The van der Waals surface area contributed by atoms with Crippen molar-refractivity contribution in [2.24, 2.45) is 0 Å². The maximum atomic E-state index is 6.54. The number of hydrogen-bond acceptors (Lipinski definition) is 8. The minimum absolute atomic E-state index is 0. The Hall–Kier alpha value is -14.2.